The molecule has 0 aromatic rings. The number of carbonyl (C=O) groups is 1. The Balaban J connectivity index is 2.73. The van der Waals surface area contributed by atoms with E-state index >= 15 is 0 Å². The van der Waals surface area contributed by atoms with Crippen LogP contribution in [0.1, 0.15) is 266 Å². The van der Waals surface area contributed by atoms with E-state index in [2.05, 4.69) is 54.2 Å². The number of carbonyl (C=O) groups excluding carboxylic acids is 1. The molecule has 1 rings (SSSR count). The maximum absolute atomic E-state index is 14.0. The Bertz CT molecular complexity index is 834. The van der Waals surface area contributed by atoms with E-state index in [9.17, 15) is 4.79 Å². The summed E-state index contributed by atoms with van der Waals surface area (Å²) in [6.45, 7) is 23.7. The van der Waals surface area contributed by atoms with Crippen LogP contribution in [0, 0.1) is 5.92 Å². The second-order valence-corrected chi connectivity index (χ2v) is 19.5. The third-order valence-electron chi connectivity index (χ3n) is 13.7. The first kappa shape index (κ1) is 56.4. The molecule has 0 saturated carbocycles. The lowest BCUT2D eigenvalue weighted by Gasteiger charge is -2.29. The summed E-state index contributed by atoms with van der Waals surface area (Å²) in [5.41, 5.74) is 0. The summed E-state index contributed by atoms with van der Waals surface area (Å²) >= 11 is 0. The second-order valence-electron chi connectivity index (χ2n) is 19.5. The number of nitrogens with zero attached hydrogens (tertiary/aromatic N) is 4. The molecule has 59 heavy (non-hydrogen) atoms. The zero-order valence-corrected chi connectivity index (χ0v) is 41.5. The lowest BCUT2D eigenvalue weighted by molar-refractivity contribution is -0.131. The molecule has 1 heterocycles. The molecule has 0 aliphatic carbocycles. The highest BCUT2D eigenvalue weighted by atomic mass is 16.2. The van der Waals surface area contributed by atoms with Gasteiger partial charge in [-0.1, -0.05) is 221 Å². The lowest BCUT2D eigenvalue weighted by atomic mass is 10.0. The van der Waals surface area contributed by atoms with E-state index in [1.807, 2.05) is 0 Å². The van der Waals surface area contributed by atoms with E-state index in [-0.39, 0.29) is 0 Å². The van der Waals surface area contributed by atoms with Gasteiger partial charge in [0.2, 0.25) is 5.91 Å². The number of amides is 1. The van der Waals surface area contributed by atoms with Crippen molar-refractivity contribution in [1.82, 2.24) is 19.6 Å². The third-order valence-corrected chi connectivity index (χ3v) is 13.7. The summed E-state index contributed by atoms with van der Waals surface area (Å²) in [4.78, 5) is 24.4. The Morgan fingerprint density at radius 2 is 0.661 bits per heavy atom. The van der Waals surface area contributed by atoms with Crippen molar-refractivity contribution in [3.8, 4) is 0 Å². The number of rotatable bonds is 47. The van der Waals surface area contributed by atoms with Gasteiger partial charge in [-0.15, -0.1) is 0 Å². The summed E-state index contributed by atoms with van der Waals surface area (Å²) < 4.78 is 0. The minimum atomic E-state index is 0.410. The lowest BCUT2D eigenvalue weighted by Crippen LogP contribution is -2.43. The van der Waals surface area contributed by atoms with E-state index < -0.39 is 0 Å². The topological polar surface area (TPSA) is 30.0 Å². The molecule has 1 unspecified atom stereocenters. The molecule has 1 aliphatic heterocycles. The highest BCUT2D eigenvalue weighted by molar-refractivity contribution is 5.78. The van der Waals surface area contributed by atoms with Crippen LogP contribution >= 0.6 is 0 Å². The van der Waals surface area contributed by atoms with Gasteiger partial charge in [-0.25, -0.2) is 0 Å². The zero-order chi connectivity index (χ0) is 42.7. The molecule has 0 N–H and O–H groups in total. The van der Waals surface area contributed by atoms with Crippen molar-refractivity contribution >= 4 is 5.91 Å². The molecule has 1 saturated heterocycles. The van der Waals surface area contributed by atoms with Crippen LogP contribution in [0.5, 0.6) is 0 Å². The average molecular weight is 832 g/mol. The van der Waals surface area contributed by atoms with Crippen LogP contribution in [-0.2, 0) is 4.79 Å². The van der Waals surface area contributed by atoms with Gasteiger partial charge in [-0.05, 0) is 90.1 Å². The summed E-state index contributed by atoms with van der Waals surface area (Å²) in [6.07, 6.45) is 49.2. The first-order valence-corrected chi connectivity index (χ1v) is 27.5. The van der Waals surface area contributed by atoms with Crippen LogP contribution in [0.25, 0.3) is 0 Å². The van der Waals surface area contributed by atoms with Crippen LogP contribution in [-0.4, -0.2) is 97.5 Å². The first-order valence-electron chi connectivity index (χ1n) is 27.5. The van der Waals surface area contributed by atoms with Gasteiger partial charge in [-0.2, -0.15) is 0 Å². The van der Waals surface area contributed by atoms with Crippen LogP contribution in [0.3, 0.4) is 0 Å². The Morgan fingerprint density at radius 1 is 0.373 bits per heavy atom. The van der Waals surface area contributed by atoms with Gasteiger partial charge in [0.15, 0.2) is 0 Å². The maximum atomic E-state index is 14.0. The summed E-state index contributed by atoms with van der Waals surface area (Å²) in [5.74, 6) is 1.09. The summed E-state index contributed by atoms with van der Waals surface area (Å²) in [5, 5.41) is 0. The summed E-state index contributed by atoms with van der Waals surface area (Å²) in [6, 6.07) is 0. The largest absolute Gasteiger partial charge is 0.341 e. The van der Waals surface area contributed by atoms with Gasteiger partial charge in [0.25, 0.3) is 0 Å². The second kappa shape index (κ2) is 44.0. The molecule has 1 atom stereocenters. The average Bonchev–Trinajstić information content (AvgIpc) is 3.73. The molecule has 0 aromatic carbocycles. The maximum Gasteiger partial charge on any atom is 0.236 e. The van der Waals surface area contributed by atoms with Gasteiger partial charge in [-0.3, -0.25) is 9.69 Å². The van der Waals surface area contributed by atoms with Crippen molar-refractivity contribution in [3.63, 3.8) is 0 Å². The van der Waals surface area contributed by atoms with Crippen molar-refractivity contribution < 1.29 is 4.79 Å². The fourth-order valence-electron chi connectivity index (χ4n) is 9.46. The van der Waals surface area contributed by atoms with Gasteiger partial charge in [0.1, 0.15) is 0 Å². The van der Waals surface area contributed by atoms with E-state index in [0.29, 0.717) is 18.4 Å². The molecule has 1 amide bonds. The van der Waals surface area contributed by atoms with Crippen LogP contribution in [0.2, 0.25) is 0 Å². The van der Waals surface area contributed by atoms with Crippen LogP contribution in [0.15, 0.2) is 0 Å². The van der Waals surface area contributed by atoms with Gasteiger partial charge in [0.05, 0.1) is 6.54 Å². The van der Waals surface area contributed by atoms with Crippen molar-refractivity contribution in [2.24, 2.45) is 5.92 Å². The van der Waals surface area contributed by atoms with Gasteiger partial charge >= 0.3 is 0 Å². The molecule has 0 radical (unpaired) electrons. The normalized spacial score (nSPS) is 14.6. The minimum Gasteiger partial charge on any atom is -0.341 e. The molecular weight excluding hydrogens is 721 g/mol. The Kier molecular flexibility index (Phi) is 42.0. The van der Waals surface area contributed by atoms with Crippen molar-refractivity contribution in [1.29, 1.82) is 0 Å². The SMILES string of the molecule is CCCCCCCCCN(CCCCCCCCC)CCC1CCN(C(=O)CN(CCCCCCCCC)CCN(CCCCCCCC)CCCCCCCCC)C1. The molecule has 5 nitrogen and oxygen atoms in total. The standard InChI is InChI=1S/C54H110N4O/c1-6-11-16-21-26-31-35-42-55(43-36-32-27-22-17-12-7-2)47-40-53-41-48-58(51-53)54(59)52-57(46-39-34-29-24-19-14-9-4)50-49-56(44-37-30-25-20-15-10-5)45-38-33-28-23-18-13-8-3/h53H,6-52H2,1-5H3. The number of unbranched alkanes of at least 4 members (excludes halogenated alkanes) is 29. The summed E-state index contributed by atoms with van der Waals surface area (Å²) in [7, 11) is 0. The Labute approximate surface area is 372 Å². The Hall–Kier alpha value is -0.650. The van der Waals surface area contributed by atoms with Crippen molar-refractivity contribution in [2.75, 3.05) is 72.0 Å². The van der Waals surface area contributed by atoms with Crippen molar-refractivity contribution in [3.05, 3.63) is 0 Å². The first-order chi connectivity index (χ1) is 29.1. The molecule has 352 valence electrons. The molecular formula is C54H110N4O. The van der Waals surface area contributed by atoms with E-state index in [1.165, 1.54) is 264 Å². The molecule has 0 spiro atoms. The monoisotopic (exact) mass is 831 g/mol. The minimum absolute atomic E-state index is 0.410. The van der Waals surface area contributed by atoms with Crippen LogP contribution < -0.4 is 0 Å². The highest BCUT2D eigenvalue weighted by Gasteiger charge is 2.27. The molecule has 0 aromatic heterocycles. The molecule has 1 aliphatic rings. The molecule has 1 fully saturated rings. The fourth-order valence-corrected chi connectivity index (χ4v) is 9.46. The Morgan fingerprint density at radius 3 is 1.02 bits per heavy atom. The fraction of sp³-hybridized carbons (Fsp3) is 0.981. The third kappa shape index (κ3) is 35.5. The predicted molar refractivity (Wildman–Crippen MR) is 264 cm³/mol. The number of hydrogen-bond donors (Lipinski definition) is 0. The zero-order valence-electron chi connectivity index (χ0n) is 41.5. The van der Waals surface area contributed by atoms with Crippen LogP contribution in [0.4, 0.5) is 0 Å². The van der Waals surface area contributed by atoms with E-state index in [0.717, 1.165) is 32.7 Å². The quantitative estimate of drug-likeness (QED) is 0.0572. The molecule has 0 bridgehead atoms. The highest BCUT2D eigenvalue weighted by Crippen LogP contribution is 2.22. The van der Waals surface area contributed by atoms with Gasteiger partial charge in [0, 0.05) is 26.2 Å². The van der Waals surface area contributed by atoms with E-state index in [1.54, 1.807) is 0 Å². The molecule has 5 heteroatoms. The smallest absolute Gasteiger partial charge is 0.236 e. The number of likely N-dealkylation sites (tertiary alicyclic amines) is 1. The predicted octanol–water partition coefficient (Wildman–Crippen LogP) is 15.5. The van der Waals surface area contributed by atoms with Crippen molar-refractivity contribution in [2.45, 2.75) is 266 Å². The van der Waals surface area contributed by atoms with Gasteiger partial charge < -0.3 is 14.7 Å². The van der Waals surface area contributed by atoms with E-state index in [4.69, 9.17) is 0 Å². The number of hydrogen-bond acceptors (Lipinski definition) is 4.